The smallest absolute Gasteiger partial charge is 0.268 e. The number of carbonyl (C=O) groups excluding carboxylic acids is 2. The van der Waals surface area contributed by atoms with E-state index in [1.165, 1.54) is 0 Å². The molecule has 0 aromatic heterocycles. The maximum absolute atomic E-state index is 12.8. The minimum Gasteiger partial charge on any atom is -0.268 e. The van der Waals surface area contributed by atoms with Gasteiger partial charge in [-0.05, 0) is 37.1 Å². The predicted molar refractivity (Wildman–Crippen MR) is 92.6 cm³/mol. The molecule has 0 atom stereocenters. The lowest BCUT2D eigenvalue weighted by Gasteiger charge is -2.17. The zero-order chi connectivity index (χ0) is 16.7. The maximum atomic E-state index is 12.8. The zero-order valence-corrected chi connectivity index (χ0v) is 14.1. The highest BCUT2D eigenvalue weighted by Crippen LogP contribution is 2.36. The second-order valence-corrected chi connectivity index (χ2v) is 6.25. The second kappa shape index (κ2) is 5.84. The number of benzene rings is 2. The first-order valence-corrected chi connectivity index (χ1v) is 7.77. The topological polar surface area (TPSA) is 37.4 Å². The Bertz CT molecular complexity index is 854. The Kier molecular flexibility index (Phi) is 4.00. The molecule has 2 aromatic carbocycles. The molecule has 1 aliphatic rings. The van der Waals surface area contributed by atoms with Crippen LogP contribution in [0.25, 0.3) is 5.57 Å². The van der Waals surface area contributed by atoms with Crippen molar-refractivity contribution in [2.45, 2.75) is 13.8 Å². The van der Waals surface area contributed by atoms with E-state index in [0.29, 0.717) is 16.3 Å². The molecule has 0 radical (unpaired) electrons. The predicted octanol–water partition coefficient (Wildman–Crippen LogP) is 4.48. The summed E-state index contributed by atoms with van der Waals surface area (Å²) in [5.41, 5.74) is 3.13. The Labute approximate surface area is 144 Å². The van der Waals surface area contributed by atoms with Crippen molar-refractivity contribution in [3.05, 3.63) is 69.2 Å². The summed E-state index contributed by atoms with van der Waals surface area (Å²) in [4.78, 5) is 26.4. The van der Waals surface area contributed by atoms with Crippen LogP contribution in [0.3, 0.4) is 0 Å². The van der Waals surface area contributed by atoms with Crippen LogP contribution in [0.5, 0.6) is 0 Å². The molecule has 0 unspecified atom stereocenters. The van der Waals surface area contributed by atoms with E-state index >= 15 is 0 Å². The first kappa shape index (κ1) is 15.8. The highest BCUT2D eigenvalue weighted by atomic mass is 35.5. The van der Waals surface area contributed by atoms with Crippen molar-refractivity contribution in [3.63, 3.8) is 0 Å². The van der Waals surface area contributed by atoms with E-state index in [1.807, 2.05) is 26.0 Å². The van der Waals surface area contributed by atoms with Gasteiger partial charge < -0.3 is 0 Å². The monoisotopic (exact) mass is 345 g/mol. The third-order valence-electron chi connectivity index (χ3n) is 3.78. The lowest BCUT2D eigenvalue weighted by Crippen LogP contribution is -2.31. The summed E-state index contributed by atoms with van der Waals surface area (Å²) < 4.78 is 0. The van der Waals surface area contributed by atoms with Crippen molar-refractivity contribution in [2.24, 2.45) is 0 Å². The summed E-state index contributed by atoms with van der Waals surface area (Å²) in [6, 6.07) is 12.4. The van der Waals surface area contributed by atoms with E-state index in [9.17, 15) is 9.59 Å². The summed E-state index contributed by atoms with van der Waals surface area (Å²) in [6.45, 7) is 3.76. The molecule has 1 heterocycles. The van der Waals surface area contributed by atoms with Crippen molar-refractivity contribution in [3.8, 4) is 0 Å². The summed E-state index contributed by atoms with van der Waals surface area (Å²) in [5.74, 6) is -0.966. The summed E-state index contributed by atoms with van der Waals surface area (Å²) in [6.07, 6.45) is 0. The first-order chi connectivity index (χ1) is 10.9. The number of hydrogen-bond donors (Lipinski definition) is 0. The van der Waals surface area contributed by atoms with Crippen molar-refractivity contribution in [1.82, 2.24) is 0 Å². The van der Waals surface area contributed by atoms with Gasteiger partial charge in [-0.1, -0.05) is 59.1 Å². The first-order valence-electron chi connectivity index (χ1n) is 7.02. The van der Waals surface area contributed by atoms with Crippen LogP contribution in [-0.4, -0.2) is 11.8 Å². The normalized spacial score (nSPS) is 14.9. The standard InChI is InChI=1S/C18H13Cl2NO2/c1-10-3-6-12(7-4-10)15-16(20)18(23)21(17(15)22)14-9-13(19)8-5-11(14)2/h3-9H,1-2H3. The fourth-order valence-electron chi connectivity index (χ4n) is 2.52. The second-order valence-electron chi connectivity index (χ2n) is 5.43. The number of carbonyl (C=O) groups is 2. The Morgan fingerprint density at radius 1 is 0.870 bits per heavy atom. The molecular formula is C18H13Cl2NO2. The number of aryl methyl sites for hydroxylation is 2. The van der Waals surface area contributed by atoms with Gasteiger partial charge in [0.15, 0.2) is 0 Å². The minimum absolute atomic E-state index is 0.0711. The van der Waals surface area contributed by atoms with Crippen molar-refractivity contribution >= 4 is 46.3 Å². The quantitative estimate of drug-likeness (QED) is 0.752. The van der Waals surface area contributed by atoms with Crippen LogP contribution >= 0.6 is 23.2 Å². The third-order valence-corrected chi connectivity index (χ3v) is 4.37. The number of hydrogen-bond acceptors (Lipinski definition) is 2. The molecule has 23 heavy (non-hydrogen) atoms. The number of nitrogens with zero attached hydrogens (tertiary/aromatic N) is 1. The molecule has 5 heteroatoms. The van der Waals surface area contributed by atoms with Gasteiger partial charge >= 0.3 is 0 Å². The summed E-state index contributed by atoms with van der Waals surface area (Å²) >= 11 is 12.2. The molecule has 0 spiro atoms. The molecule has 2 amide bonds. The summed E-state index contributed by atoms with van der Waals surface area (Å²) in [5, 5.41) is 0.379. The number of anilines is 1. The molecule has 3 nitrogen and oxygen atoms in total. The molecule has 0 bridgehead atoms. The average Bonchev–Trinajstić information content (AvgIpc) is 2.73. The lowest BCUT2D eigenvalue weighted by atomic mass is 10.0. The Balaban J connectivity index is 2.09. The molecule has 1 aliphatic heterocycles. The molecule has 0 fully saturated rings. The Hall–Kier alpha value is -2.10. The van der Waals surface area contributed by atoms with E-state index in [2.05, 4.69) is 0 Å². The van der Waals surface area contributed by atoms with E-state index in [1.54, 1.807) is 30.3 Å². The fraction of sp³-hybridized carbons (Fsp3) is 0.111. The average molecular weight is 346 g/mol. The number of rotatable bonds is 2. The lowest BCUT2D eigenvalue weighted by molar-refractivity contribution is -0.119. The number of halogens is 2. The molecule has 0 saturated carbocycles. The van der Waals surface area contributed by atoms with Crippen LogP contribution in [0.4, 0.5) is 5.69 Å². The van der Waals surface area contributed by atoms with Gasteiger partial charge in [0.05, 0.1) is 11.3 Å². The van der Waals surface area contributed by atoms with Crippen molar-refractivity contribution in [1.29, 1.82) is 0 Å². The SMILES string of the molecule is Cc1ccc(C2=C(Cl)C(=O)N(c3cc(Cl)ccc3C)C2=O)cc1. The van der Waals surface area contributed by atoms with Gasteiger partial charge in [0.25, 0.3) is 11.8 Å². The van der Waals surface area contributed by atoms with Crippen LogP contribution in [0.2, 0.25) is 5.02 Å². The van der Waals surface area contributed by atoms with Gasteiger partial charge in [0, 0.05) is 5.02 Å². The number of imide groups is 1. The van der Waals surface area contributed by atoms with E-state index in [4.69, 9.17) is 23.2 Å². The maximum Gasteiger partial charge on any atom is 0.277 e. The molecule has 2 aromatic rings. The molecular weight excluding hydrogens is 333 g/mol. The molecule has 116 valence electrons. The zero-order valence-electron chi connectivity index (χ0n) is 12.6. The van der Waals surface area contributed by atoms with Gasteiger partial charge in [0.2, 0.25) is 0 Å². The largest absolute Gasteiger partial charge is 0.277 e. The molecule has 0 aliphatic carbocycles. The van der Waals surface area contributed by atoms with Crippen molar-refractivity contribution < 1.29 is 9.59 Å². The van der Waals surface area contributed by atoms with Gasteiger partial charge in [-0.3, -0.25) is 9.59 Å². The highest BCUT2D eigenvalue weighted by molar-refractivity contribution is 6.60. The molecule has 3 rings (SSSR count). The Morgan fingerprint density at radius 2 is 1.52 bits per heavy atom. The van der Waals surface area contributed by atoms with Gasteiger partial charge in [0.1, 0.15) is 5.03 Å². The Morgan fingerprint density at radius 3 is 2.17 bits per heavy atom. The highest BCUT2D eigenvalue weighted by Gasteiger charge is 2.39. The molecule has 0 saturated heterocycles. The number of amides is 2. The van der Waals surface area contributed by atoms with Crippen molar-refractivity contribution in [2.75, 3.05) is 4.90 Å². The van der Waals surface area contributed by atoms with Gasteiger partial charge in [-0.2, -0.15) is 0 Å². The van der Waals surface area contributed by atoms with Crippen LogP contribution < -0.4 is 4.90 Å². The van der Waals surface area contributed by atoms with E-state index in [0.717, 1.165) is 16.0 Å². The fourth-order valence-corrected chi connectivity index (χ4v) is 2.96. The minimum atomic E-state index is -0.530. The van der Waals surface area contributed by atoms with Crippen LogP contribution in [-0.2, 0) is 9.59 Å². The van der Waals surface area contributed by atoms with Gasteiger partial charge in [-0.25, -0.2) is 4.90 Å². The third kappa shape index (κ3) is 2.67. The van der Waals surface area contributed by atoms with Crippen LogP contribution in [0, 0.1) is 13.8 Å². The van der Waals surface area contributed by atoms with Gasteiger partial charge in [-0.15, -0.1) is 0 Å². The van der Waals surface area contributed by atoms with E-state index in [-0.39, 0.29) is 10.6 Å². The summed E-state index contributed by atoms with van der Waals surface area (Å²) in [7, 11) is 0. The van der Waals surface area contributed by atoms with Crippen LogP contribution in [0.1, 0.15) is 16.7 Å². The van der Waals surface area contributed by atoms with E-state index < -0.39 is 11.8 Å². The van der Waals surface area contributed by atoms with Crippen LogP contribution in [0.15, 0.2) is 47.5 Å². The molecule has 0 N–H and O–H groups in total.